The van der Waals surface area contributed by atoms with Crippen molar-refractivity contribution in [3.8, 4) is 5.75 Å². The fraction of sp³-hybridized carbons (Fsp3) is 0.769. The van der Waals surface area contributed by atoms with Crippen molar-refractivity contribution in [2.75, 3.05) is 106 Å². The summed E-state index contributed by atoms with van der Waals surface area (Å²) >= 11 is 0. The van der Waals surface area contributed by atoms with Crippen molar-refractivity contribution in [2.45, 2.75) is 26.2 Å². The summed E-state index contributed by atoms with van der Waals surface area (Å²) in [5.74, 6) is 1.41. The van der Waals surface area contributed by atoms with E-state index < -0.39 is 10.4 Å². The van der Waals surface area contributed by atoms with E-state index in [0.717, 1.165) is 12.2 Å². The summed E-state index contributed by atoms with van der Waals surface area (Å²) in [6.45, 7) is 10.3. The number of rotatable bonds is 28. The van der Waals surface area contributed by atoms with Crippen LogP contribution in [0, 0.1) is 0 Å². The second kappa shape index (κ2) is 27.4. The molecule has 0 bridgehead atoms. The molecule has 0 aliphatic heterocycles. The molecule has 0 saturated carbocycles. The first-order valence-corrected chi connectivity index (χ1v) is 14.6. The molecule has 0 aromatic heterocycles. The Balaban J connectivity index is 0.0000152. The van der Waals surface area contributed by atoms with Crippen LogP contribution in [0.15, 0.2) is 24.3 Å². The summed E-state index contributed by atoms with van der Waals surface area (Å²) in [6, 6.07) is 8.23. The van der Waals surface area contributed by atoms with E-state index in [0.29, 0.717) is 91.8 Å². The van der Waals surface area contributed by atoms with Gasteiger partial charge in [0, 0.05) is 0 Å². The van der Waals surface area contributed by atoms with Crippen LogP contribution in [-0.2, 0) is 47.7 Å². The summed E-state index contributed by atoms with van der Waals surface area (Å²) in [5, 5.41) is 0. The summed E-state index contributed by atoms with van der Waals surface area (Å²) in [5.41, 5.74) is 1.33. The molecule has 12 nitrogen and oxygen atoms in total. The van der Waals surface area contributed by atoms with Crippen LogP contribution in [0.4, 0.5) is 0 Å². The second-order valence-electron chi connectivity index (χ2n) is 8.24. The Labute approximate surface area is 261 Å². The average Bonchev–Trinajstić information content (AvgIpc) is 2.92. The van der Waals surface area contributed by atoms with E-state index in [-0.39, 0.29) is 49.4 Å². The minimum Gasteiger partial charge on any atom is -0.726 e. The molecule has 0 spiro atoms. The second-order valence-corrected chi connectivity index (χ2v) is 9.30. The van der Waals surface area contributed by atoms with Crippen LogP contribution in [0.25, 0.3) is 0 Å². The van der Waals surface area contributed by atoms with Gasteiger partial charge in [0.25, 0.3) is 0 Å². The Morgan fingerprint density at radius 2 is 0.925 bits per heavy atom. The third-order valence-electron chi connectivity index (χ3n) is 5.25. The topological polar surface area (TPSA) is 140 Å². The molecule has 0 saturated heterocycles. The Hall–Kier alpha value is -0.390. The molecular weight excluding hydrogens is 559 g/mol. The van der Waals surface area contributed by atoms with Gasteiger partial charge >= 0.3 is 29.6 Å². The van der Waals surface area contributed by atoms with E-state index in [9.17, 15) is 13.0 Å². The van der Waals surface area contributed by atoms with E-state index >= 15 is 0 Å². The summed E-state index contributed by atoms with van der Waals surface area (Å²) < 4.78 is 77.8. The molecule has 1 aromatic rings. The van der Waals surface area contributed by atoms with Gasteiger partial charge in [0.1, 0.15) is 12.4 Å². The Morgan fingerprint density at radius 1 is 0.600 bits per heavy atom. The zero-order valence-electron chi connectivity index (χ0n) is 24.2. The molecule has 228 valence electrons. The van der Waals surface area contributed by atoms with Gasteiger partial charge in [0.15, 0.2) is 0 Å². The Kier molecular flexibility index (Phi) is 27.2. The van der Waals surface area contributed by atoms with E-state index in [1.54, 1.807) is 0 Å². The van der Waals surface area contributed by atoms with Crippen LogP contribution in [0.1, 0.15) is 31.7 Å². The molecule has 0 aliphatic rings. The maximum atomic E-state index is 10.2. The van der Waals surface area contributed by atoms with Crippen LogP contribution in [0.3, 0.4) is 0 Å². The van der Waals surface area contributed by atoms with Crippen molar-refractivity contribution >= 4 is 10.4 Å². The molecule has 1 rings (SSSR count). The first kappa shape index (κ1) is 39.6. The fourth-order valence-electron chi connectivity index (χ4n) is 2.96. The van der Waals surface area contributed by atoms with E-state index in [2.05, 4.69) is 30.2 Å². The zero-order chi connectivity index (χ0) is 28.4. The molecule has 1 unspecified atom stereocenters. The van der Waals surface area contributed by atoms with Gasteiger partial charge in [-0.05, 0) is 30.0 Å². The van der Waals surface area contributed by atoms with Gasteiger partial charge in [-0.2, -0.15) is 0 Å². The largest absolute Gasteiger partial charge is 1.00 e. The summed E-state index contributed by atoms with van der Waals surface area (Å²) in [4.78, 5) is 0. The van der Waals surface area contributed by atoms with Gasteiger partial charge < -0.3 is 42.4 Å². The van der Waals surface area contributed by atoms with E-state index in [4.69, 9.17) is 37.9 Å². The summed E-state index contributed by atoms with van der Waals surface area (Å²) in [7, 11) is -4.67. The van der Waals surface area contributed by atoms with Crippen LogP contribution in [0.2, 0.25) is 0 Å². The number of hydrogen-bond donors (Lipinski definition) is 0. The molecule has 0 N–H and O–H groups in total. The molecule has 0 amide bonds. The molecule has 0 aliphatic carbocycles. The van der Waals surface area contributed by atoms with Crippen LogP contribution in [0.5, 0.6) is 5.75 Å². The van der Waals surface area contributed by atoms with Crippen molar-refractivity contribution in [3.63, 3.8) is 0 Å². The minimum absolute atomic E-state index is 0. The van der Waals surface area contributed by atoms with Crippen molar-refractivity contribution in [2.24, 2.45) is 0 Å². The maximum absolute atomic E-state index is 10.2. The molecule has 1 aromatic carbocycles. The van der Waals surface area contributed by atoms with Crippen LogP contribution in [-0.4, -0.2) is 119 Å². The van der Waals surface area contributed by atoms with Gasteiger partial charge in [0.2, 0.25) is 10.4 Å². The number of ether oxygens (including phenoxy) is 8. The first-order chi connectivity index (χ1) is 18.9. The van der Waals surface area contributed by atoms with Gasteiger partial charge in [-0.1, -0.05) is 26.0 Å². The molecule has 40 heavy (non-hydrogen) atoms. The predicted molar refractivity (Wildman–Crippen MR) is 142 cm³/mol. The third kappa shape index (κ3) is 25.3. The molecule has 0 radical (unpaired) electrons. The van der Waals surface area contributed by atoms with E-state index in [1.807, 2.05) is 12.1 Å². The van der Waals surface area contributed by atoms with Crippen molar-refractivity contribution in [1.29, 1.82) is 0 Å². The third-order valence-corrected chi connectivity index (χ3v) is 5.70. The predicted octanol–water partition coefficient (Wildman–Crippen LogP) is -0.824. The Morgan fingerprint density at radius 3 is 1.25 bits per heavy atom. The fourth-order valence-corrected chi connectivity index (χ4v) is 3.24. The normalized spacial score (nSPS) is 12.3. The number of hydrogen-bond acceptors (Lipinski definition) is 12. The smallest absolute Gasteiger partial charge is 0.726 e. The van der Waals surface area contributed by atoms with Crippen LogP contribution >= 0.6 is 0 Å². The molecule has 0 fully saturated rings. The van der Waals surface area contributed by atoms with Crippen molar-refractivity contribution < 1.29 is 84.6 Å². The number of benzene rings is 1. The maximum Gasteiger partial charge on any atom is 1.00 e. The summed E-state index contributed by atoms with van der Waals surface area (Å²) in [6.07, 6.45) is 1.12. The quantitative estimate of drug-likeness (QED) is 0.0511. The van der Waals surface area contributed by atoms with Gasteiger partial charge in [-0.3, -0.25) is 4.18 Å². The molecule has 14 heteroatoms. The van der Waals surface area contributed by atoms with Crippen molar-refractivity contribution in [1.82, 2.24) is 0 Å². The first-order valence-electron chi connectivity index (χ1n) is 13.3. The van der Waals surface area contributed by atoms with Gasteiger partial charge in [-0.25, -0.2) is 8.42 Å². The standard InChI is InChI=1S/C26H46O12S.Na/c1-3-24(2)25-4-6-26(7-5-25)37-22-20-35-18-16-33-14-12-31-10-8-30-9-11-32-13-15-34-17-19-36-21-23-38-39(27,28)29;/h4-7,24H,3,8-23H2,1-2H3,(H,27,28,29);/q;+1/p-1. The van der Waals surface area contributed by atoms with E-state index in [1.165, 1.54) is 5.56 Å². The van der Waals surface area contributed by atoms with Crippen LogP contribution < -0.4 is 34.3 Å². The zero-order valence-corrected chi connectivity index (χ0v) is 27.0. The molecule has 0 heterocycles. The minimum atomic E-state index is -4.67. The monoisotopic (exact) mass is 604 g/mol. The van der Waals surface area contributed by atoms with Gasteiger partial charge in [0.05, 0.1) is 99.1 Å². The molecular formula is C26H45NaO12S. The molecule has 1 atom stereocenters. The average molecular weight is 605 g/mol. The SMILES string of the molecule is CCC(C)c1ccc(OCCOCCOCCOCCOCCOCCOCCOCCOS(=O)(=O)[O-])cc1.[Na+]. The Bertz CT molecular complexity index is 782. The van der Waals surface area contributed by atoms with Crippen molar-refractivity contribution in [3.05, 3.63) is 29.8 Å². The van der Waals surface area contributed by atoms with Gasteiger partial charge in [-0.15, -0.1) is 0 Å².